The summed E-state index contributed by atoms with van der Waals surface area (Å²) in [5, 5.41) is 6.95. The fourth-order valence-corrected chi connectivity index (χ4v) is 2.63. The second kappa shape index (κ2) is 7.18. The lowest BCUT2D eigenvalue weighted by molar-refractivity contribution is 0.0951. The highest BCUT2D eigenvalue weighted by Gasteiger charge is 2.16. The van der Waals surface area contributed by atoms with Crippen LogP contribution in [0, 0.1) is 12.7 Å². The van der Waals surface area contributed by atoms with E-state index in [4.69, 9.17) is 0 Å². The number of aromatic nitrogens is 2. The third kappa shape index (κ3) is 3.32. The number of hydrazone groups is 1. The van der Waals surface area contributed by atoms with E-state index in [0.29, 0.717) is 22.7 Å². The van der Waals surface area contributed by atoms with Crippen LogP contribution in [0.5, 0.6) is 0 Å². The van der Waals surface area contributed by atoms with Crippen molar-refractivity contribution < 1.29 is 9.18 Å². The zero-order chi connectivity index (χ0) is 18.7. The number of nitrogens with zero attached hydrogens (tertiary/aromatic N) is 2. The Labute approximate surface area is 149 Å². The predicted octanol–water partition coefficient (Wildman–Crippen LogP) is 2.77. The second-order valence-electron chi connectivity index (χ2n) is 5.71. The third-order valence-corrected chi connectivity index (χ3v) is 3.89. The van der Waals surface area contributed by atoms with Gasteiger partial charge in [-0.1, -0.05) is 30.3 Å². The molecule has 1 aromatic heterocycles. The van der Waals surface area contributed by atoms with Gasteiger partial charge in [-0.25, -0.2) is 14.5 Å². The monoisotopic (exact) mass is 352 g/mol. The Kier molecular flexibility index (Phi) is 4.79. The average molecular weight is 352 g/mol. The first kappa shape index (κ1) is 17.3. The number of carbonyl (C=O) groups excluding carboxylic acids is 1. The van der Waals surface area contributed by atoms with Gasteiger partial charge in [0.25, 0.3) is 11.5 Å². The number of rotatable bonds is 4. The molecule has 0 radical (unpaired) electrons. The van der Waals surface area contributed by atoms with E-state index in [9.17, 15) is 14.0 Å². The molecule has 1 amide bonds. The van der Waals surface area contributed by atoms with E-state index in [2.05, 4.69) is 15.6 Å². The van der Waals surface area contributed by atoms with Crippen LogP contribution < -0.4 is 11.0 Å². The number of benzene rings is 2. The van der Waals surface area contributed by atoms with Crippen molar-refractivity contribution in [1.29, 1.82) is 0 Å². The third-order valence-electron chi connectivity index (χ3n) is 3.89. The fourth-order valence-electron chi connectivity index (χ4n) is 2.63. The molecule has 0 fully saturated rings. The highest BCUT2D eigenvalue weighted by Crippen LogP contribution is 2.09. The lowest BCUT2D eigenvalue weighted by Gasteiger charge is -2.02. The van der Waals surface area contributed by atoms with Crippen molar-refractivity contribution >= 4 is 11.6 Å². The van der Waals surface area contributed by atoms with Crippen LogP contribution in [0.15, 0.2) is 64.5 Å². The number of amides is 1. The lowest BCUT2D eigenvalue weighted by Crippen LogP contribution is -2.24. The molecule has 3 rings (SSSR count). The van der Waals surface area contributed by atoms with Gasteiger partial charge >= 0.3 is 0 Å². The number of halogens is 1. The molecule has 2 N–H and O–H groups in total. The molecule has 7 heteroatoms. The van der Waals surface area contributed by atoms with Gasteiger partial charge in [0.1, 0.15) is 5.82 Å². The van der Waals surface area contributed by atoms with Crippen LogP contribution in [0.3, 0.4) is 0 Å². The summed E-state index contributed by atoms with van der Waals surface area (Å²) < 4.78 is 15.0. The maximum absolute atomic E-state index is 13.6. The highest BCUT2D eigenvalue weighted by atomic mass is 19.1. The van der Waals surface area contributed by atoms with Crippen LogP contribution in [0.25, 0.3) is 5.69 Å². The van der Waals surface area contributed by atoms with E-state index in [0.717, 1.165) is 0 Å². The fraction of sp³-hybridized carbons (Fsp3) is 0.105. The number of para-hydroxylation sites is 1. The Morgan fingerprint density at radius 3 is 2.46 bits per heavy atom. The van der Waals surface area contributed by atoms with Crippen molar-refractivity contribution in [3.8, 4) is 5.69 Å². The number of aromatic amines is 1. The lowest BCUT2D eigenvalue weighted by atomic mass is 10.2. The van der Waals surface area contributed by atoms with Gasteiger partial charge in [0.05, 0.1) is 22.5 Å². The second-order valence-corrected chi connectivity index (χ2v) is 5.71. The highest BCUT2D eigenvalue weighted by molar-refractivity contribution is 6.01. The average Bonchev–Trinajstić information content (AvgIpc) is 2.95. The summed E-state index contributed by atoms with van der Waals surface area (Å²) in [7, 11) is 0. The molecular weight excluding hydrogens is 335 g/mol. The van der Waals surface area contributed by atoms with Gasteiger partial charge in [0.2, 0.25) is 0 Å². The number of hydrogen-bond acceptors (Lipinski definition) is 3. The first-order valence-electron chi connectivity index (χ1n) is 7.95. The zero-order valence-electron chi connectivity index (χ0n) is 14.3. The summed E-state index contributed by atoms with van der Waals surface area (Å²) in [5.41, 5.74) is 3.87. The standard InChI is InChI=1S/C19H17FN4O2/c1-12(21-22-18(25)15-10-6-7-11-16(15)20)17-13(2)23-24(19(17)26)14-8-4-3-5-9-14/h3-11,23H,1-2H3,(H,22,25)/b21-12+. The minimum absolute atomic E-state index is 0.114. The molecule has 0 atom stereocenters. The Hall–Kier alpha value is -3.48. The van der Waals surface area contributed by atoms with Gasteiger partial charge < -0.3 is 0 Å². The summed E-state index contributed by atoms with van der Waals surface area (Å²) in [4.78, 5) is 24.7. The van der Waals surface area contributed by atoms with Crippen LogP contribution in [-0.2, 0) is 0 Å². The molecule has 0 aliphatic carbocycles. The first-order valence-corrected chi connectivity index (χ1v) is 7.95. The van der Waals surface area contributed by atoms with E-state index in [1.807, 2.05) is 18.2 Å². The zero-order valence-corrected chi connectivity index (χ0v) is 14.3. The predicted molar refractivity (Wildman–Crippen MR) is 97.2 cm³/mol. The molecule has 0 unspecified atom stereocenters. The van der Waals surface area contributed by atoms with Gasteiger partial charge in [-0.15, -0.1) is 0 Å². The molecule has 0 aliphatic heterocycles. The van der Waals surface area contributed by atoms with Crippen LogP contribution in [0.1, 0.15) is 28.5 Å². The Morgan fingerprint density at radius 1 is 1.12 bits per heavy atom. The van der Waals surface area contributed by atoms with Crippen molar-refractivity contribution in [3.05, 3.63) is 87.6 Å². The van der Waals surface area contributed by atoms with Crippen molar-refractivity contribution in [1.82, 2.24) is 15.2 Å². The summed E-state index contributed by atoms with van der Waals surface area (Å²) in [5.74, 6) is -1.32. The maximum atomic E-state index is 13.6. The molecule has 132 valence electrons. The van der Waals surface area contributed by atoms with Crippen LogP contribution in [0.2, 0.25) is 0 Å². The van der Waals surface area contributed by atoms with Crippen LogP contribution >= 0.6 is 0 Å². The molecule has 26 heavy (non-hydrogen) atoms. The molecule has 0 saturated carbocycles. The molecule has 0 saturated heterocycles. The van der Waals surface area contributed by atoms with E-state index < -0.39 is 11.7 Å². The van der Waals surface area contributed by atoms with Gasteiger partial charge in [0, 0.05) is 5.69 Å². The smallest absolute Gasteiger partial charge is 0.280 e. The number of hydrogen-bond donors (Lipinski definition) is 2. The Balaban J connectivity index is 1.89. The number of carbonyl (C=O) groups is 1. The molecule has 0 bridgehead atoms. The summed E-state index contributed by atoms with van der Waals surface area (Å²) in [6.45, 7) is 3.35. The molecule has 1 heterocycles. The summed E-state index contributed by atoms with van der Waals surface area (Å²) >= 11 is 0. The van der Waals surface area contributed by atoms with Crippen molar-refractivity contribution in [3.63, 3.8) is 0 Å². The van der Waals surface area contributed by atoms with E-state index in [1.54, 1.807) is 32.0 Å². The largest absolute Gasteiger partial charge is 0.295 e. The number of H-pyrrole nitrogens is 1. The number of aryl methyl sites for hydroxylation is 1. The first-order chi connectivity index (χ1) is 12.5. The van der Waals surface area contributed by atoms with E-state index in [1.165, 1.54) is 22.9 Å². The van der Waals surface area contributed by atoms with E-state index >= 15 is 0 Å². The molecule has 0 spiro atoms. The maximum Gasteiger partial charge on any atom is 0.280 e. The van der Waals surface area contributed by atoms with Gasteiger partial charge in [-0.3, -0.25) is 14.7 Å². The Morgan fingerprint density at radius 2 is 1.77 bits per heavy atom. The molecule has 6 nitrogen and oxygen atoms in total. The quantitative estimate of drug-likeness (QED) is 0.559. The Bertz CT molecular complexity index is 1040. The minimum atomic E-state index is -0.681. The van der Waals surface area contributed by atoms with Crippen LogP contribution in [0.4, 0.5) is 4.39 Å². The van der Waals surface area contributed by atoms with Gasteiger partial charge in [-0.2, -0.15) is 5.10 Å². The van der Waals surface area contributed by atoms with Crippen molar-refractivity contribution in [2.24, 2.45) is 5.10 Å². The van der Waals surface area contributed by atoms with Gasteiger partial charge in [-0.05, 0) is 38.1 Å². The SMILES string of the molecule is C/C(=N\NC(=O)c1ccccc1F)c1c(C)[nH]n(-c2ccccc2)c1=O. The summed E-state index contributed by atoms with van der Waals surface area (Å²) in [6, 6.07) is 14.7. The van der Waals surface area contributed by atoms with Crippen LogP contribution in [-0.4, -0.2) is 21.4 Å². The summed E-state index contributed by atoms with van der Waals surface area (Å²) in [6.07, 6.45) is 0. The minimum Gasteiger partial charge on any atom is -0.295 e. The molecular formula is C19H17FN4O2. The van der Waals surface area contributed by atoms with Crippen molar-refractivity contribution in [2.75, 3.05) is 0 Å². The van der Waals surface area contributed by atoms with Gasteiger partial charge in [0.15, 0.2) is 0 Å². The molecule has 0 aliphatic rings. The number of nitrogens with one attached hydrogen (secondary N) is 2. The molecule has 3 aromatic rings. The van der Waals surface area contributed by atoms with Crippen molar-refractivity contribution in [2.45, 2.75) is 13.8 Å². The van der Waals surface area contributed by atoms with E-state index in [-0.39, 0.29) is 11.1 Å². The topological polar surface area (TPSA) is 79.2 Å². The normalized spacial score (nSPS) is 11.4. The molecule has 2 aromatic carbocycles.